The number of rotatable bonds is 3. The van der Waals surface area contributed by atoms with Crippen molar-refractivity contribution in [2.75, 3.05) is 13.1 Å². The van der Waals surface area contributed by atoms with Gasteiger partial charge in [-0.15, -0.1) is 0 Å². The smallest absolute Gasteiger partial charge is 0.139 e. The van der Waals surface area contributed by atoms with Gasteiger partial charge in [0, 0.05) is 19.6 Å². The third-order valence-electron chi connectivity index (χ3n) is 4.40. The summed E-state index contributed by atoms with van der Waals surface area (Å²) in [4.78, 5) is 2.25. The standard InChI is InChI=1S/C17H17N3O2/c21-17(14-6-2-1-3-7-14)9-10-20(12-17)11-13-5-4-8-15-16(13)19-22-18-15/h1-8,21H,9-12H2. The summed E-state index contributed by atoms with van der Waals surface area (Å²) in [5.41, 5.74) is 2.87. The van der Waals surface area contributed by atoms with Gasteiger partial charge in [0.2, 0.25) is 0 Å². The van der Waals surface area contributed by atoms with Crippen molar-refractivity contribution in [2.45, 2.75) is 18.6 Å². The number of β-amino-alcohol motifs (C(OH)–C–C–N with tert-alkyl or cyclic N) is 1. The van der Waals surface area contributed by atoms with Gasteiger partial charge < -0.3 is 5.11 Å². The predicted octanol–water partition coefficient (Wildman–Crippen LogP) is 2.32. The van der Waals surface area contributed by atoms with Crippen LogP contribution in [0, 0.1) is 0 Å². The van der Waals surface area contributed by atoms with E-state index in [0.717, 1.165) is 41.7 Å². The van der Waals surface area contributed by atoms with E-state index >= 15 is 0 Å². The van der Waals surface area contributed by atoms with Crippen molar-refractivity contribution < 1.29 is 9.74 Å². The van der Waals surface area contributed by atoms with E-state index in [-0.39, 0.29) is 0 Å². The Morgan fingerprint density at radius 1 is 1.09 bits per heavy atom. The molecule has 0 bridgehead atoms. The maximum Gasteiger partial charge on any atom is 0.139 e. The van der Waals surface area contributed by atoms with Crippen LogP contribution in [0.4, 0.5) is 0 Å². The topological polar surface area (TPSA) is 62.4 Å². The molecule has 0 saturated carbocycles. The van der Waals surface area contributed by atoms with E-state index in [9.17, 15) is 5.11 Å². The highest BCUT2D eigenvalue weighted by Gasteiger charge is 2.37. The molecule has 1 saturated heterocycles. The average Bonchev–Trinajstić information content (AvgIpc) is 3.17. The lowest BCUT2D eigenvalue weighted by molar-refractivity contribution is 0.0453. The molecule has 1 unspecified atom stereocenters. The minimum atomic E-state index is -0.767. The lowest BCUT2D eigenvalue weighted by Gasteiger charge is -2.24. The lowest BCUT2D eigenvalue weighted by atomic mass is 9.93. The Kier molecular flexibility index (Phi) is 3.17. The predicted molar refractivity (Wildman–Crippen MR) is 82.0 cm³/mol. The van der Waals surface area contributed by atoms with Gasteiger partial charge in [-0.25, -0.2) is 4.63 Å². The number of hydrogen-bond donors (Lipinski definition) is 1. The van der Waals surface area contributed by atoms with Crippen LogP contribution in [0.2, 0.25) is 0 Å². The second kappa shape index (κ2) is 5.19. The van der Waals surface area contributed by atoms with E-state index in [1.165, 1.54) is 0 Å². The second-order valence-electron chi connectivity index (χ2n) is 5.91. The van der Waals surface area contributed by atoms with Crippen LogP contribution in [-0.4, -0.2) is 33.4 Å². The van der Waals surface area contributed by atoms with Crippen LogP contribution in [0.3, 0.4) is 0 Å². The fourth-order valence-electron chi connectivity index (χ4n) is 3.22. The second-order valence-corrected chi connectivity index (χ2v) is 5.91. The molecule has 1 aromatic heterocycles. The van der Waals surface area contributed by atoms with Gasteiger partial charge in [0.15, 0.2) is 0 Å². The average molecular weight is 295 g/mol. The molecule has 3 aromatic rings. The van der Waals surface area contributed by atoms with Crippen LogP contribution in [-0.2, 0) is 12.1 Å². The summed E-state index contributed by atoms with van der Waals surface area (Å²) in [5, 5.41) is 18.8. The maximum absolute atomic E-state index is 10.9. The number of hydrogen-bond acceptors (Lipinski definition) is 5. The first-order valence-electron chi connectivity index (χ1n) is 7.45. The van der Waals surface area contributed by atoms with Gasteiger partial charge in [-0.3, -0.25) is 4.90 Å². The quantitative estimate of drug-likeness (QED) is 0.803. The van der Waals surface area contributed by atoms with Crippen molar-refractivity contribution >= 4 is 11.0 Å². The number of fused-ring (bicyclic) bond motifs is 1. The molecule has 0 aliphatic carbocycles. The summed E-state index contributed by atoms with van der Waals surface area (Å²) in [6.45, 7) is 2.21. The van der Waals surface area contributed by atoms with Gasteiger partial charge in [0.05, 0.1) is 0 Å². The Hall–Kier alpha value is -2.24. The number of nitrogens with zero attached hydrogens (tertiary/aromatic N) is 3. The van der Waals surface area contributed by atoms with Crippen LogP contribution in [0.25, 0.3) is 11.0 Å². The molecular formula is C17H17N3O2. The Labute approximate surface area is 128 Å². The number of aromatic nitrogens is 2. The summed E-state index contributed by atoms with van der Waals surface area (Å²) in [6.07, 6.45) is 0.740. The summed E-state index contributed by atoms with van der Waals surface area (Å²) in [7, 11) is 0. The van der Waals surface area contributed by atoms with E-state index in [4.69, 9.17) is 4.63 Å². The monoisotopic (exact) mass is 295 g/mol. The van der Waals surface area contributed by atoms with E-state index in [1.54, 1.807) is 0 Å². The Bertz CT molecular complexity index is 787. The van der Waals surface area contributed by atoms with Crippen LogP contribution >= 0.6 is 0 Å². The molecule has 1 atom stereocenters. The highest BCUT2D eigenvalue weighted by molar-refractivity contribution is 5.76. The number of benzene rings is 2. The van der Waals surface area contributed by atoms with Crippen LogP contribution in [0.1, 0.15) is 17.5 Å². The normalized spacial score (nSPS) is 22.4. The van der Waals surface area contributed by atoms with Crippen molar-refractivity contribution in [1.82, 2.24) is 15.2 Å². The fourth-order valence-corrected chi connectivity index (χ4v) is 3.22. The third kappa shape index (κ3) is 2.28. The molecule has 1 aliphatic heterocycles. The van der Waals surface area contributed by atoms with Crippen LogP contribution in [0.15, 0.2) is 53.2 Å². The molecule has 0 spiro atoms. The summed E-state index contributed by atoms with van der Waals surface area (Å²) >= 11 is 0. The minimum absolute atomic E-state index is 0.624. The molecule has 0 radical (unpaired) electrons. The van der Waals surface area contributed by atoms with Crippen molar-refractivity contribution in [3.05, 3.63) is 59.7 Å². The molecular weight excluding hydrogens is 278 g/mol. The highest BCUT2D eigenvalue weighted by atomic mass is 16.6. The number of likely N-dealkylation sites (tertiary alicyclic amines) is 1. The Balaban J connectivity index is 1.55. The largest absolute Gasteiger partial charge is 0.384 e. The first-order chi connectivity index (χ1) is 10.7. The first kappa shape index (κ1) is 13.4. The fraction of sp³-hybridized carbons (Fsp3) is 0.294. The van der Waals surface area contributed by atoms with Gasteiger partial charge in [-0.1, -0.05) is 42.5 Å². The zero-order chi connectivity index (χ0) is 15.0. The maximum atomic E-state index is 10.9. The first-order valence-corrected chi connectivity index (χ1v) is 7.45. The molecule has 5 heteroatoms. The van der Waals surface area contributed by atoms with Gasteiger partial charge in [0.1, 0.15) is 16.6 Å². The van der Waals surface area contributed by atoms with Crippen molar-refractivity contribution in [2.24, 2.45) is 0 Å². The zero-order valence-electron chi connectivity index (χ0n) is 12.1. The number of aliphatic hydroxyl groups is 1. The van der Waals surface area contributed by atoms with Crippen molar-refractivity contribution in [1.29, 1.82) is 0 Å². The zero-order valence-corrected chi connectivity index (χ0v) is 12.1. The highest BCUT2D eigenvalue weighted by Crippen LogP contribution is 2.32. The molecule has 1 N–H and O–H groups in total. The Morgan fingerprint density at radius 3 is 2.82 bits per heavy atom. The van der Waals surface area contributed by atoms with Gasteiger partial charge in [-0.2, -0.15) is 0 Å². The van der Waals surface area contributed by atoms with E-state index in [2.05, 4.69) is 15.2 Å². The summed E-state index contributed by atoms with van der Waals surface area (Å²) < 4.78 is 4.81. The molecule has 1 aliphatic rings. The van der Waals surface area contributed by atoms with Gasteiger partial charge in [0.25, 0.3) is 0 Å². The molecule has 4 rings (SSSR count). The molecule has 0 amide bonds. The van der Waals surface area contributed by atoms with E-state index in [0.29, 0.717) is 6.54 Å². The molecule has 112 valence electrons. The molecule has 2 heterocycles. The van der Waals surface area contributed by atoms with Crippen LogP contribution < -0.4 is 0 Å². The van der Waals surface area contributed by atoms with Crippen LogP contribution in [0.5, 0.6) is 0 Å². The lowest BCUT2D eigenvalue weighted by Crippen LogP contribution is -2.30. The molecule has 2 aromatic carbocycles. The SMILES string of the molecule is OC1(c2ccccc2)CCN(Cc2cccc3nonc23)C1. The van der Waals surface area contributed by atoms with E-state index < -0.39 is 5.60 Å². The molecule has 1 fully saturated rings. The molecule has 5 nitrogen and oxygen atoms in total. The van der Waals surface area contributed by atoms with Crippen molar-refractivity contribution in [3.8, 4) is 0 Å². The molecule has 22 heavy (non-hydrogen) atoms. The summed E-state index contributed by atoms with van der Waals surface area (Å²) in [6, 6.07) is 15.8. The Morgan fingerprint density at radius 2 is 1.95 bits per heavy atom. The van der Waals surface area contributed by atoms with Gasteiger partial charge in [-0.05, 0) is 33.9 Å². The summed E-state index contributed by atoms with van der Waals surface area (Å²) in [5.74, 6) is 0. The van der Waals surface area contributed by atoms with E-state index in [1.807, 2.05) is 48.5 Å². The third-order valence-corrected chi connectivity index (χ3v) is 4.40. The minimum Gasteiger partial charge on any atom is -0.384 e. The van der Waals surface area contributed by atoms with Gasteiger partial charge >= 0.3 is 0 Å². The van der Waals surface area contributed by atoms with Crippen molar-refractivity contribution in [3.63, 3.8) is 0 Å².